The Bertz CT molecular complexity index is 514. The average Bonchev–Trinajstić information content (AvgIpc) is 2.49. The summed E-state index contributed by atoms with van der Waals surface area (Å²) < 4.78 is 69.7. The Morgan fingerprint density at radius 3 is 2.39 bits per heavy atom. The van der Waals surface area contributed by atoms with E-state index in [1.807, 2.05) is 0 Å². The highest BCUT2D eigenvalue weighted by molar-refractivity contribution is 6.67. The smallest absolute Gasteiger partial charge is 0.395 e. The maximum atomic E-state index is 12.6. The van der Waals surface area contributed by atoms with Gasteiger partial charge in [0.15, 0.2) is 11.5 Å². The average molecular weight is 288 g/mol. The normalized spacial score (nSPS) is 18.0. The summed E-state index contributed by atoms with van der Waals surface area (Å²) >= 11 is 4.90. The Labute approximate surface area is 102 Å². The van der Waals surface area contributed by atoms with Gasteiger partial charge in [0.25, 0.3) is 0 Å². The fraction of sp³-hybridized carbons (Fsp3) is 0.222. The topological polar surface area (TPSA) is 30.8 Å². The third-order valence-electron chi connectivity index (χ3n) is 1.85. The van der Waals surface area contributed by atoms with Crippen LogP contribution in [0.25, 0.3) is 0 Å². The zero-order valence-electron chi connectivity index (χ0n) is 8.26. The first-order valence-corrected chi connectivity index (χ1v) is 4.76. The molecule has 0 bridgehead atoms. The van der Waals surface area contributed by atoms with Crippen LogP contribution in [-0.2, 0) is 0 Å². The second-order valence-corrected chi connectivity index (χ2v) is 3.56. The molecule has 1 aromatic rings. The number of benzene rings is 1. The van der Waals surface area contributed by atoms with Crippen LogP contribution in [0.2, 0.25) is 0 Å². The molecule has 18 heavy (non-hydrogen) atoms. The molecule has 0 unspecified atom stereocenters. The van der Waals surface area contributed by atoms with Crippen molar-refractivity contribution in [3.63, 3.8) is 0 Å². The first-order chi connectivity index (χ1) is 8.17. The van der Waals surface area contributed by atoms with Crippen molar-refractivity contribution in [3.05, 3.63) is 18.2 Å². The highest BCUT2D eigenvalue weighted by atomic mass is 35.5. The van der Waals surface area contributed by atoms with Gasteiger partial charge in [-0.1, -0.05) is 11.6 Å². The van der Waals surface area contributed by atoms with E-state index in [0.717, 1.165) is 18.2 Å². The minimum absolute atomic E-state index is 0.280. The summed E-state index contributed by atoms with van der Waals surface area (Å²) in [6.07, 6.45) is -8.64. The van der Waals surface area contributed by atoms with Gasteiger partial charge in [-0.05, 0) is 12.1 Å². The van der Waals surface area contributed by atoms with E-state index in [9.17, 15) is 22.0 Å². The van der Waals surface area contributed by atoms with Gasteiger partial charge in [-0.3, -0.25) is 0 Å². The molecule has 0 N–H and O–H groups in total. The van der Waals surface area contributed by atoms with Crippen molar-refractivity contribution in [3.8, 4) is 11.5 Å². The summed E-state index contributed by atoms with van der Waals surface area (Å²) in [5, 5.41) is -1.62. The van der Waals surface area contributed by atoms with Gasteiger partial charge in [-0.2, -0.15) is 13.2 Å². The molecular weight excluding hydrogens is 285 g/mol. The first kappa shape index (κ1) is 12.9. The summed E-state index contributed by atoms with van der Waals surface area (Å²) in [5.41, 5.74) is -0.280. The van der Waals surface area contributed by atoms with Crippen molar-refractivity contribution < 1.29 is 31.4 Å². The second-order valence-electron chi connectivity index (χ2n) is 3.20. The highest BCUT2D eigenvalue weighted by Gasteiger charge is 2.43. The van der Waals surface area contributed by atoms with Crippen molar-refractivity contribution in [1.29, 1.82) is 0 Å². The molecule has 1 aliphatic rings. The summed E-state index contributed by atoms with van der Waals surface area (Å²) in [4.78, 5) is 3.03. The molecule has 0 saturated heterocycles. The molecule has 9 heteroatoms. The van der Waals surface area contributed by atoms with Gasteiger partial charge in [0.1, 0.15) is 0 Å². The van der Waals surface area contributed by atoms with Crippen LogP contribution in [0.4, 0.5) is 27.6 Å². The summed E-state index contributed by atoms with van der Waals surface area (Å²) in [7, 11) is 0. The van der Waals surface area contributed by atoms with E-state index in [1.54, 1.807) is 0 Å². The summed E-state index contributed by atoms with van der Waals surface area (Å²) in [6.45, 7) is 0. The number of aliphatic imine (C=N–C) groups is 1. The monoisotopic (exact) mass is 287 g/mol. The molecule has 0 aromatic heterocycles. The van der Waals surface area contributed by atoms with Gasteiger partial charge in [0.2, 0.25) is 5.17 Å². The van der Waals surface area contributed by atoms with Gasteiger partial charge >= 0.3 is 12.5 Å². The number of halogens is 6. The number of hydrogen-bond donors (Lipinski definition) is 0. The molecule has 98 valence electrons. The minimum atomic E-state index is -4.80. The van der Waals surface area contributed by atoms with E-state index >= 15 is 0 Å². The quantitative estimate of drug-likeness (QED) is 0.580. The number of alkyl halides is 5. The predicted octanol–water partition coefficient (Wildman–Crippen LogP) is 3.84. The lowest BCUT2D eigenvalue weighted by molar-refractivity contribution is -0.286. The zero-order chi connectivity index (χ0) is 13.6. The lowest BCUT2D eigenvalue weighted by atomic mass is 10.3. The van der Waals surface area contributed by atoms with Crippen LogP contribution in [0, 0.1) is 0 Å². The number of ether oxygens (including phenoxy) is 2. The third kappa shape index (κ3) is 2.63. The number of nitrogens with zero attached hydrogens (tertiary/aromatic N) is 1. The minimum Gasteiger partial charge on any atom is -0.395 e. The Kier molecular flexibility index (Phi) is 2.84. The van der Waals surface area contributed by atoms with E-state index in [-0.39, 0.29) is 11.4 Å². The molecule has 2 rings (SSSR count). The van der Waals surface area contributed by atoms with Crippen LogP contribution in [-0.4, -0.2) is 17.6 Å². The second kappa shape index (κ2) is 3.98. The zero-order valence-corrected chi connectivity index (χ0v) is 9.02. The van der Waals surface area contributed by atoms with Gasteiger partial charge in [0.05, 0.1) is 5.69 Å². The Balaban J connectivity index is 2.30. The van der Waals surface area contributed by atoms with E-state index in [0.29, 0.717) is 0 Å². The molecule has 3 nitrogen and oxygen atoms in total. The van der Waals surface area contributed by atoms with Crippen molar-refractivity contribution >= 4 is 22.5 Å². The predicted molar refractivity (Wildman–Crippen MR) is 51.6 cm³/mol. The molecule has 0 atom stereocenters. The fourth-order valence-corrected chi connectivity index (χ4v) is 1.28. The van der Waals surface area contributed by atoms with Crippen LogP contribution in [0.5, 0.6) is 11.5 Å². The van der Waals surface area contributed by atoms with Crippen LogP contribution in [0.1, 0.15) is 0 Å². The van der Waals surface area contributed by atoms with Crippen molar-refractivity contribution in [1.82, 2.24) is 0 Å². The molecule has 1 aliphatic heterocycles. The van der Waals surface area contributed by atoms with Crippen molar-refractivity contribution in [2.24, 2.45) is 4.99 Å². The summed E-state index contributed by atoms with van der Waals surface area (Å²) in [6, 6.07) is 2.91. The molecular formula is C9H3ClF5NO2. The SMILES string of the molecule is FC1(F)Oc2ccc(N=C(Cl)C(F)(F)F)cc2O1. The molecule has 0 spiro atoms. The molecule has 1 aromatic carbocycles. The van der Waals surface area contributed by atoms with Crippen molar-refractivity contribution in [2.45, 2.75) is 12.5 Å². The Morgan fingerprint density at radius 1 is 1.17 bits per heavy atom. The Morgan fingerprint density at radius 2 is 1.78 bits per heavy atom. The van der Waals surface area contributed by atoms with Crippen molar-refractivity contribution in [2.75, 3.05) is 0 Å². The van der Waals surface area contributed by atoms with Gasteiger partial charge in [-0.25, -0.2) is 4.99 Å². The van der Waals surface area contributed by atoms with Gasteiger partial charge < -0.3 is 9.47 Å². The lowest BCUT2D eigenvalue weighted by Crippen LogP contribution is -2.25. The van der Waals surface area contributed by atoms with Gasteiger partial charge in [0, 0.05) is 6.07 Å². The van der Waals surface area contributed by atoms with E-state index in [2.05, 4.69) is 14.5 Å². The van der Waals surface area contributed by atoms with Crippen LogP contribution >= 0.6 is 11.6 Å². The highest BCUT2D eigenvalue weighted by Crippen LogP contribution is 2.43. The summed E-state index contributed by atoms with van der Waals surface area (Å²) in [5.74, 6) is -0.699. The first-order valence-electron chi connectivity index (χ1n) is 4.39. The van der Waals surface area contributed by atoms with Gasteiger partial charge in [-0.15, -0.1) is 8.78 Å². The Hall–Kier alpha value is -1.57. The van der Waals surface area contributed by atoms with E-state index in [4.69, 9.17) is 11.6 Å². The third-order valence-corrected chi connectivity index (χ3v) is 2.14. The lowest BCUT2D eigenvalue weighted by Gasteiger charge is -2.04. The number of hydrogen-bond acceptors (Lipinski definition) is 3. The molecule has 0 amide bonds. The van der Waals surface area contributed by atoms with E-state index < -0.39 is 23.4 Å². The molecule has 0 fully saturated rings. The molecule has 0 aliphatic carbocycles. The molecule has 0 saturated carbocycles. The van der Waals surface area contributed by atoms with E-state index in [1.165, 1.54) is 0 Å². The standard InChI is InChI=1S/C9H3ClF5NO2/c10-7(8(11,12)13)16-4-1-2-5-6(3-4)18-9(14,15)17-5/h1-3H. The maximum absolute atomic E-state index is 12.6. The largest absolute Gasteiger partial charge is 0.586 e. The fourth-order valence-electron chi connectivity index (χ4n) is 1.18. The maximum Gasteiger partial charge on any atom is 0.586 e. The van der Waals surface area contributed by atoms with Crippen LogP contribution < -0.4 is 9.47 Å². The molecule has 1 heterocycles. The van der Waals surface area contributed by atoms with Crippen LogP contribution in [0.15, 0.2) is 23.2 Å². The van der Waals surface area contributed by atoms with Crippen LogP contribution in [0.3, 0.4) is 0 Å². The molecule has 0 radical (unpaired) electrons. The number of fused-ring (bicyclic) bond motifs is 1. The number of rotatable bonds is 1.